The molecule has 2 amide bonds. The van der Waals surface area contributed by atoms with Crippen molar-refractivity contribution < 1.29 is 19.1 Å². The molecule has 0 bridgehead atoms. The number of likely N-dealkylation sites (tertiary alicyclic amines) is 2. The van der Waals surface area contributed by atoms with Crippen molar-refractivity contribution in [2.45, 2.75) is 37.8 Å². The summed E-state index contributed by atoms with van der Waals surface area (Å²) in [5.74, 6) is 1.11. The van der Waals surface area contributed by atoms with E-state index < -0.39 is 0 Å². The largest absolute Gasteiger partial charge is 0.497 e. The van der Waals surface area contributed by atoms with Gasteiger partial charge < -0.3 is 19.3 Å². The van der Waals surface area contributed by atoms with Crippen molar-refractivity contribution in [1.29, 1.82) is 0 Å². The van der Waals surface area contributed by atoms with E-state index in [1.165, 1.54) is 0 Å². The van der Waals surface area contributed by atoms with Crippen LogP contribution < -0.4 is 4.74 Å². The summed E-state index contributed by atoms with van der Waals surface area (Å²) in [5, 5.41) is 0. The maximum atomic E-state index is 12.8. The van der Waals surface area contributed by atoms with Gasteiger partial charge in [0.05, 0.1) is 32.2 Å². The highest BCUT2D eigenvalue weighted by molar-refractivity contribution is 5.81. The Morgan fingerprint density at radius 3 is 2.60 bits per heavy atom. The van der Waals surface area contributed by atoms with Crippen LogP contribution in [0.3, 0.4) is 0 Å². The SMILES string of the molecule is COCCN1C(=O)CCC2C1CCN2C(=O)Cc1ccc(OC)cc1. The van der Waals surface area contributed by atoms with Crippen LogP contribution in [0, 0.1) is 0 Å². The number of ether oxygens (including phenoxy) is 2. The number of rotatable bonds is 6. The number of benzene rings is 1. The second-order valence-corrected chi connectivity index (χ2v) is 6.65. The summed E-state index contributed by atoms with van der Waals surface area (Å²) in [6.45, 7) is 1.87. The van der Waals surface area contributed by atoms with Crippen LogP contribution in [0.2, 0.25) is 0 Å². The van der Waals surface area contributed by atoms with E-state index in [-0.39, 0.29) is 23.9 Å². The first-order valence-corrected chi connectivity index (χ1v) is 8.85. The van der Waals surface area contributed by atoms with Gasteiger partial charge in [0, 0.05) is 26.6 Å². The van der Waals surface area contributed by atoms with E-state index in [0.717, 1.165) is 30.7 Å². The Morgan fingerprint density at radius 1 is 1.16 bits per heavy atom. The molecule has 0 radical (unpaired) electrons. The average molecular weight is 346 g/mol. The van der Waals surface area contributed by atoms with Crippen molar-refractivity contribution in [3.63, 3.8) is 0 Å². The molecule has 2 heterocycles. The lowest BCUT2D eigenvalue weighted by molar-refractivity contribution is -0.142. The lowest BCUT2D eigenvalue weighted by Crippen LogP contribution is -2.54. The normalized spacial score (nSPS) is 22.9. The van der Waals surface area contributed by atoms with Gasteiger partial charge in [-0.25, -0.2) is 0 Å². The first-order chi connectivity index (χ1) is 12.1. The summed E-state index contributed by atoms with van der Waals surface area (Å²) in [7, 11) is 3.27. The molecule has 0 N–H and O–H groups in total. The number of carbonyl (C=O) groups excluding carboxylic acids is 2. The fraction of sp³-hybridized carbons (Fsp3) is 0.579. The van der Waals surface area contributed by atoms with Gasteiger partial charge in [-0.05, 0) is 30.5 Å². The number of fused-ring (bicyclic) bond motifs is 1. The van der Waals surface area contributed by atoms with E-state index in [1.807, 2.05) is 34.1 Å². The van der Waals surface area contributed by atoms with Gasteiger partial charge >= 0.3 is 0 Å². The molecule has 25 heavy (non-hydrogen) atoms. The summed E-state index contributed by atoms with van der Waals surface area (Å²) in [6.07, 6.45) is 2.52. The van der Waals surface area contributed by atoms with Gasteiger partial charge in [-0.15, -0.1) is 0 Å². The van der Waals surface area contributed by atoms with E-state index in [2.05, 4.69) is 0 Å². The molecule has 136 valence electrons. The standard InChI is InChI=1S/C19H26N2O4/c1-24-12-11-21-17-9-10-20(16(17)7-8-18(21)22)19(23)13-14-3-5-15(25-2)6-4-14/h3-6,16-17H,7-13H2,1-2H3. The summed E-state index contributed by atoms with van der Waals surface area (Å²) in [6, 6.07) is 7.89. The predicted octanol–water partition coefficient (Wildman–Crippen LogP) is 1.48. The number of hydrogen-bond donors (Lipinski definition) is 0. The van der Waals surface area contributed by atoms with Crippen LogP contribution in [-0.2, 0) is 20.7 Å². The topological polar surface area (TPSA) is 59.1 Å². The minimum absolute atomic E-state index is 0.135. The second kappa shape index (κ2) is 7.87. The van der Waals surface area contributed by atoms with Gasteiger partial charge in [-0.1, -0.05) is 12.1 Å². The Bertz CT molecular complexity index is 616. The van der Waals surface area contributed by atoms with Crippen LogP contribution in [-0.4, -0.2) is 67.6 Å². The molecule has 2 aliphatic rings. The van der Waals surface area contributed by atoms with E-state index in [4.69, 9.17) is 9.47 Å². The van der Waals surface area contributed by atoms with E-state index in [1.54, 1.807) is 14.2 Å². The average Bonchev–Trinajstić information content (AvgIpc) is 3.06. The van der Waals surface area contributed by atoms with Crippen LogP contribution in [0.5, 0.6) is 5.75 Å². The molecule has 0 aromatic heterocycles. The molecule has 2 unspecified atom stereocenters. The Kier molecular flexibility index (Phi) is 5.58. The van der Waals surface area contributed by atoms with Crippen molar-refractivity contribution >= 4 is 11.8 Å². The Labute approximate surface area is 148 Å². The molecule has 0 spiro atoms. The first-order valence-electron chi connectivity index (χ1n) is 8.85. The summed E-state index contributed by atoms with van der Waals surface area (Å²) >= 11 is 0. The molecule has 6 nitrogen and oxygen atoms in total. The first kappa shape index (κ1) is 17.7. The molecular formula is C19H26N2O4. The third kappa shape index (κ3) is 3.79. The molecule has 1 aromatic carbocycles. The highest BCUT2D eigenvalue weighted by atomic mass is 16.5. The minimum atomic E-state index is 0.135. The highest BCUT2D eigenvalue weighted by Gasteiger charge is 2.44. The maximum absolute atomic E-state index is 12.8. The summed E-state index contributed by atoms with van der Waals surface area (Å²) in [4.78, 5) is 28.9. The van der Waals surface area contributed by atoms with Gasteiger partial charge in [0.2, 0.25) is 11.8 Å². The lowest BCUT2D eigenvalue weighted by atomic mass is 9.96. The van der Waals surface area contributed by atoms with Crippen molar-refractivity contribution in [2.24, 2.45) is 0 Å². The van der Waals surface area contributed by atoms with Gasteiger partial charge in [0.25, 0.3) is 0 Å². The third-order valence-electron chi connectivity index (χ3n) is 5.26. The molecular weight excluding hydrogens is 320 g/mol. The number of carbonyl (C=O) groups is 2. The zero-order chi connectivity index (χ0) is 17.8. The Hall–Kier alpha value is -2.08. The van der Waals surface area contributed by atoms with E-state index in [0.29, 0.717) is 26.0 Å². The zero-order valence-electron chi connectivity index (χ0n) is 14.9. The predicted molar refractivity (Wildman–Crippen MR) is 93.4 cm³/mol. The van der Waals surface area contributed by atoms with Gasteiger partial charge in [-0.3, -0.25) is 9.59 Å². The molecule has 0 aliphatic carbocycles. The van der Waals surface area contributed by atoms with Crippen molar-refractivity contribution in [3.8, 4) is 5.75 Å². The number of piperidine rings is 1. The smallest absolute Gasteiger partial charge is 0.227 e. The molecule has 0 saturated carbocycles. The summed E-state index contributed by atoms with van der Waals surface area (Å²) < 4.78 is 10.3. The van der Waals surface area contributed by atoms with Crippen LogP contribution in [0.4, 0.5) is 0 Å². The number of methoxy groups -OCH3 is 2. The minimum Gasteiger partial charge on any atom is -0.497 e. The van der Waals surface area contributed by atoms with Gasteiger partial charge in [0.15, 0.2) is 0 Å². The van der Waals surface area contributed by atoms with Gasteiger partial charge in [-0.2, -0.15) is 0 Å². The molecule has 2 aliphatic heterocycles. The van der Waals surface area contributed by atoms with Crippen molar-refractivity contribution in [1.82, 2.24) is 9.80 Å². The Morgan fingerprint density at radius 2 is 1.92 bits per heavy atom. The van der Waals surface area contributed by atoms with Crippen LogP contribution in [0.1, 0.15) is 24.8 Å². The number of amides is 2. The fourth-order valence-electron chi connectivity index (χ4n) is 3.96. The summed E-state index contributed by atoms with van der Waals surface area (Å²) in [5.41, 5.74) is 0.984. The van der Waals surface area contributed by atoms with E-state index in [9.17, 15) is 9.59 Å². The molecule has 1 aromatic rings. The highest BCUT2D eigenvalue weighted by Crippen LogP contribution is 2.31. The van der Waals surface area contributed by atoms with Crippen LogP contribution in [0.15, 0.2) is 24.3 Å². The molecule has 6 heteroatoms. The van der Waals surface area contributed by atoms with Crippen LogP contribution in [0.25, 0.3) is 0 Å². The van der Waals surface area contributed by atoms with Gasteiger partial charge in [0.1, 0.15) is 5.75 Å². The molecule has 2 fully saturated rings. The monoisotopic (exact) mass is 346 g/mol. The molecule has 2 atom stereocenters. The second-order valence-electron chi connectivity index (χ2n) is 6.65. The lowest BCUT2D eigenvalue weighted by Gasteiger charge is -2.39. The van der Waals surface area contributed by atoms with Crippen LogP contribution >= 0.6 is 0 Å². The maximum Gasteiger partial charge on any atom is 0.227 e. The molecule has 3 rings (SSSR count). The zero-order valence-corrected chi connectivity index (χ0v) is 14.9. The van der Waals surface area contributed by atoms with Crippen molar-refractivity contribution in [3.05, 3.63) is 29.8 Å². The molecule has 2 saturated heterocycles. The number of hydrogen-bond acceptors (Lipinski definition) is 4. The van der Waals surface area contributed by atoms with Crippen molar-refractivity contribution in [2.75, 3.05) is 33.9 Å². The third-order valence-corrected chi connectivity index (χ3v) is 5.26. The number of nitrogens with zero attached hydrogens (tertiary/aromatic N) is 2. The van der Waals surface area contributed by atoms with E-state index >= 15 is 0 Å². The fourth-order valence-corrected chi connectivity index (χ4v) is 3.96. The Balaban J connectivity index is 1.65. The quantitative estimate of drug-likeness (QED) is 0.783.